The minimum Gasteiger partial charge on any atom is -0.327 e. The fourth-order valence-corrected chi connectivity index (χ4v) is 2.56. The minimum atomic E-state index is -0.0348. The van der Waals surface area contributed by atoms with Gasteiger partial charge in [0.15, 0.2) is 0 Å². The summed E-state index contributed by atoms with van der Waals surface area (Å²) in [5, 5.41) is 3.11. The minimum absolute atomic E-state index is 0.0348. The van der Waals surface area contributed by atoms with Crippen LogP contribution in [0.2, 0.25) is 0 Å². The first-order valence-electron chi connectivity index (χ1n) is 5.80. The highest BCUT2D eigenvalue weighted by Crippen LogP contribution is 2.27. The van der Waals surface area contributed by atoms with Gasteiger partial charge in [-0.05, 0) is 5.56 Å². The maximum atomic E-state index is 6.34. The molecule has 0 saturated carbocycles. The predicted molar refractivity (Wildman–Crippen MR) is 73.3 cm³/mol. The molecular formula is C14H18N2S. The summed E-state index contributed by atoms with van der Waals surface area (Å²) in [5.41, 5.74) is 7.59. The molecule has 0 aliphatic carbocycles. The summed E-state index contributed by atoms with van der Waals surface area (Å²) in [6, 6.07) is 10.5. The third kappa shape index (κ3) is 2.73. The molecular weight excluding hydrogens is 228 g/mol. The molecule has 90 valence electrons. The number of hydrogen-bond acceptors (Lipinski definition) is 3. The van der Waals surface area contributed by atoms with Crippen LogP contribution in [0.3, 0.4) is 0 Å². The molecule has 1 atom stereocenters. The maximum Gasteiger partial charge on any atom is 0.0940 e. The summed E-state index contributed by atoms with van der Waals surface area (Å²) < 4.78 is 0. The molecule has 1 heterocycles. The first-order valence-corrected chi connectivity index (χ1v) is 6.68. The molecule has 1 aromatic carbocycles. The normalized spacial score (nSPS) is 13.6. The van der Waals surface area contributed by atoms with Crippen molar-refractivity contribution in [3.05, 3.63) is 52.5 Å². The van der Waals surface area contributed by atoms with Crippen LogP contribution in [-0.4, -0.2) is 11.0 Å². The Morgan fingerprint density at radius 3 is 2.59 bits per heavy atom. The van der Waals surface area contributed by atoms with Crippen molar-refractivity contribution in [3.63, 3.8) is 0 Å². The second-order valence-corrected chi connectivity index (χ2v) is 5.80. The molecule has 1 unspecified atom stereocenters. The summed E-state index contributed by atoms with van der Waals surface area (Å²) in [6.07, 6.45) is 2.67. The van der Waals surface area contributed by atoms with Gasteiger partial charge in [-0.3, -0.25) is 0 Å². The topological polar surface area (TPSA) is 38.9 Å². The second-order valence-electron chi connectivity index (χ2n) is 4.82. The van der Waals surface area contributed by atoms with Crippen molar-refractivity contribution in [1.82, 2.24) is 4.98 Å². The van der Waals surface area contributed by atoms with Crippen LogP contribution in [0, 0.1) is 0 Å². The van der Waals surface area contributed by atoms with E-state index < -0.39 is 0 Å². The molecule has 0 aliphatic rings. The van der Waals surface area contributed by atoms with E-state index in [9.17, 15) is 0 Å². The highest BCUT2D eigenvalue weighted by atomic mass is 32.1. The third-order valence-electron chi connectivity index (χ3n) is 3.32. The van der Waals surface area contributed by atoms with Crippen molar-refractivity contribution in [2.24, 2.45) is 5.73 Å². The lowest BCUT2D eigenvalue weighted by Gasteiger charge is -2.31. The zero-order chi connectivity index (χ0) is 12.3. The average Bonchev–Trinajstić information content (AvgIpc) is 2.83. The van der Waals surface area contributed by atoms with Gasteiger partial charge in [-0.15, -0.1) is 11.3 Å². The lowest BCUT2D eigenvalue weighted by atomic mass is 9.77. The number of thiazole rings is 1. The number of aromatic nitrogens is 1. The Balaban J connectivity index is 2.15. The van der Waals surface area contributed by atoms with E-state index >= 15 is 0 Å². The van der Waals surface area contributed by atoms with E-state index in [-0.39, 0.29) is 11.5 Å². The fraction of sp³-hybridized carbons (Fsp3) is 0.357. The Labute approximate surface area is 107 Å². The van der Waals surface area contributed by atoms with Crippen molar-refractivity contribution >= 4 is 11.3 Å². The van der Waals surface area contributed by atoms with Gasteiger partial charge in [-0.1, -0.05) is 44.2 Å². The summed E-state index contributed by atoms with van der Waals surface area (Å²) in [7, 11) is 0. The van der Waals surface area contributed by atoms with Crippen LogP contribution >= 0.6 is 11.3 Å². The SMILES string of the molecule is CC(C)(c1ccccc1)C(N)Cc1nccs1. The Kier molecular flexibility index (Phi) is 3.60. The zero-order valence-corrected chi connectivity index (χ0v) is 11.1. The Morgan fingerprint density at radius 1 is 1.29 bits per heavy atom. The van der Waals surface area contributed by atoms with Crippen LogP contribution in [0.15, 0.2) is 41.9 Å². The Hall–Kier alpha value is -1.19. The predicted octanol–water partition coefficient (Wildman–Crippen LogP) is 2.99. The number of hydrogen-bond donors (Lipinski definition) is 1. The molecule has 0 bridgehead atoms. The van der Waals surface area contributed by atoms with Crippen LogP contribution in [0.25, 0.3) is 0 Å². The molecule has 0 aliphatic heterocycles. The van der Waals surface area contributed by atoms with Crippen molar-refractivity contribution < 1.29 is 0 Å². The Morgan fingerprint density at radius 2 is 2.00 bits per heavy atom. The van der Waals surface area contributed by atoms with E-state index in [1.807, 2.05) is 17.6 Å². The molecule has 0 saturated heterocycles. The molecule has 0 radical (unpaired) electrons. The molecule has 2 rings (SSSR count). The Bertz CT molecular complexity index is 448. The fourth-order valence-electron chi connectivity index (χ4n) is 1.88. The van der Waals surface area contributed by atoms with Crippen molar-refractivity contribution in [3.8, 4) is 0 Å². The van der Waals surface area contributed by atoms with Gasteiger partial charge in [0.05, 0.1) is 5.01 Å². The van der Waals surface area contributed by atoms with E-state index in [1.54, 1.807) is 11.3 Å². The lowest BCUT2D eigenvalue weighted by molar-refractivity contribution is 0.406. The first kappa shape index (κ1) is 12.3. The van der Waals surface area contributed by atoms with E-state index in [0.29, 0.717) is 0 Å². The van der Waals surface area contributed by atoms with Crippen LogP contribution in [0.5, 0.6) is 0 Å². The number of nitrogens with two attached hydrogens (primary N) is 1. The summed E-state index contributed by atoms with van der Waals surface area (Å²) in [4.78, 5) is 4.30. The molecule has 1 aromatic heterocycles. The van der Waals surface area contributed by atoms with Crippen molar-refractivity contribution in [1.29, 1.82) is 0 Å². The van der Waals surface area contributed by atoms with Gasteiger partial charge in [0.2, 0.25) is 0 Å². The lowest BCUT2D eigenvalue weighted by Crippen LogP contribution is -2.42. The van der Waals surface area contributed by atoms with Gasteiger partial charge < -0.3 is 5.73 Å². The number of benzene rings is 1. The van der Waals surface area contributed by atoms with Crippen molar-refractivity contribution in [2.45, 2.75) is 31.7 Å². The monoisotopic (exact) mass is 246 g/mol. The highest BCUT2D eigenvalue weighted by molar-refractivity contribution is 7.09. The quantitative estimate of drug-likeness (QED) is 0.900. The van der Waals surface area contributed by atoms with Gasteiger partial charge in [0, 0.05) is 29.5 Å². The van der Waals surface area contributed by atoms with Gasteiger partial charge in [0.1, 0.15) is 0 Å². The van der Waals surface area contributed by atoms with Gasteiger partial charge in [0.25, 0.3) is 0 Å². The molecule has 17 heavy (non-hydrogen) atoms. The van der Waals surface area contributed by atoms with Gasteiger partial charge >= 0.3 is 0 Å². The maximum absolute atomic E-state index is 6.34. The van der Waals surface area contributed by atoms with E-state index in [2.05, 4.69) is 43.1 Å². The smallest absolute Gasteiger partial charge is 0.0940 e. The van der Waals surface area contributed by atoms with E-state index in [4.69, 9.17) is 5.73 Å². The molecule has 0 fully saturated rings. The highest BCUT2D eigenvalue weighted by Gasteiger charge is 2.28. The molecule has 0 spiro atoms. The zero-order valence-electron chi connectivity index (χ0n) is 10.3. The number of rotatable bonds is 4. The number of nitrogens with zero attached hydrogens (tertiary/aromatic N) is 1. The third-order valence-corrected chi connectivity index (χ3v) is 4.12. The van der Waals surface area contributed by atoms with Crippen LogP contribution in [-0.2, 0) is 11.8 Å². The molecule has 2 nitrogen and oxygen atoms in total. The van der Waals surface area contributed by atoms with E-state index in [1.165, 1.54) is 5.56 Å². The molecule has 2 N–H and O–H groups in total. The molecule has 0 amide bonds. The van der Waals surface area contributed by atoms with Crippen LogP contribution < -0.4 is 5.73 Å². The van der Waals surface area contributed by atoms with Gasteiger partial charge in [-0.2, -0.15) is 0 Å². The van der Waals surface area contributed by atoms with E-state index in [0.717, 1.165) is 11.4 Å². The average molecular weight is 246 g/mol. The summed E-state index contributed by atoms with van der Waals surface area (Å²) >= 11 is 1.67. The van der Waals surface area contributed by atoms with Crippen LogP contribution in [0.4, 0.5) is 0 Å². The first-order chi connectivity index (χ1) is 8.10. The van der Waals surface area contributed by atoms with Crippen LogP contribution in [0.1, 0.15) is 24.4 Å². The van der Waals surface area contributed by atoms with Crippen molar-refractivity contribution in [2.75, 3.05) is 0 Å². The largest absolute Gasteiger partial charge is 0.327 e. The van der Waals surface area contributed by atoms with Gasteiger partial charge in [-0.25, -0.2) is 4.98 Å². The summed E-state index contributed by atoms with van der Waals surface area (Å²) in [5.74, 6) is 0. The standard InChI is InChI=1S/C14H18N2S/c1-14(2,11-6-4-3-5-7-11)12(15)10-13-16-8-9-17-13/h3-9,12H,10,15H2,1-2H3. The molecule has 2 aromatic rings. The second kappa shape index (κ2) is 4.98. The summed E-state index contributed by atoms with van der Waals surface area (Å²) in [6.45, 7) is 4.39. The molecule has 3 heteroatoms.